The Morgan fingerprint density at radius 2 is 1.61 bits per heavy atom. The number of fused-ring (bicyclic) bond motifs is 5. The van der Waals surface area contributed by atoms with Crippen molar-refractivity contribution in [3.05, 3.63) is 58.7 Å². The van der Waals surface area contributed by atoms with Crippen LogP contribution < -0.4 is 18.9 Å². The van der Waals surface area contributed by atoms with Gasteiger partial charge in [-0.2, -0.15) is 0 Å². The van der Waals surface area contributed by atoms with E-state index >= 15 is 0 Å². The van der Waals surface area contributed by atoms with Crippen LogP contribution in [0.4, 0.5) is 0 Å². The van der Waals surface area contributed by atoms with E-state index in [1.54, 1.807) is 25.3 Å². The van der Waals surface area contributed by atoms with Gasteiger partial charge in [0, 0.05) is 29.2 Å². The molecule has 2 atom stereocenters. The third kappa shape index (κ3) is 4.29. The summed E-state index contributed by atoms with van der Waals surface area (Å²) in [6, 6.07) is 10.8. The summed E-state index contributed by atoms with van der Waals surface area (Å²) in [4.78, 5) is 0. The number of aliphatic hydroxyl groups is 1. The Morgan fingerprint density at radius 1 is 0.842 bits per heavy atom. The largest absolute Gasteiger partial charge is 0.508 e. The monoisotopic (exact) mass is 518 g/mol. The topological polar surface area (TPSA) is 97.6 Å². The van der Waals surface area contributed by atoms with Gasteiger partial charge in [0.1, 0.15) is 17.2 Å². The lowest BCUT2D eigenvalue weighted by molar-refractivity contribution is 0.0199. The van der Waals surface area contributed by atoms with Gasteiger partial charge >= 0.3 is 0 Å². The lowest BCUT2D eigenvalue weighted by Crippen LogP contribution is -2.31. The van der Waals surface area contributed by atoms with Gasteiger partial charge in [-0.05, 0) is 79.5 Å². The molecule has 38 heavy (non-hydrogen) atoms. The molecule has 0 radical (unpaired) electrons. The lowest BCUT2D eigenvalue weighted by atomic mass is 9.80. The van der Waals surface area contributed by atoms with Gasteiger partial charge in [-0.15, -0.1) is 0 Å². The number of aryl methyl sites for hydroxylation is 1. The fraction of sp³-hybridized carbons (Fsp3) is 0.419. The highest BCUT2D eigenvalue weighted by Gasteiger charge is 2.36. The lowest BCUT2D eigenvalue weighted by Gasteiger charge is -2.35. The third-order valence-electron chi connectivity index (χ3n) is 8.17. The third-order valence-corrected chi connectivity index (χ3v) is 8.17. The minimum Gasteiger partial charge on any atom is -0.508 e. The van der Waals surface area contributed by atoms with E-state index in [9.17, 15) is 15.3 Å². The number of aromatic hydroxyl groups is 2. The average molecular weight is 519 g/mol. The maximum atomic E-state index is 11.3. The Kier molecular flexibility index (Phi) is 6.48. The van der Waals surface area contributed by atoms with Crippen molar-refractivity contribution in [3.63, 3.8) is 0 Å². The predicted octanol–water partition coefficient (Wildman–Crippen LogP) is 5.63. The Hall–Kier alpha value is -3.58. The SMILES string of the molecule is COc1cc([C@H]2Oc3cc(OC)c4c(c3C[C@H]2O)CCc2cc(O)ccc2-4)cc(OC2CCCCC2)c1O. The quantitative estimate of drug-likeness (QED) is 0.403. The van der Waals surface area contributed by atoms with Gasteiger partial charge in [-0.1, -0.05) is 12.5 Å². The van der Waals surface area contributed by atoms with Crippen molar-refractivity contribution in [2.75, 3.05) is 14.2 Å². The molecule has 0 spiro atoms. The van der Waals surface area contributed by atoms with Crippen LogP contribution in [0.15, 0.2) is 36.4 Å². The van der Waals surface area contributed by atoms with E-state index in [0.717, 1.165) is 66.3 Å². The van der Waals surface area contributed by atoms with Crippen LogP contribution in [0, 0.1) is 0 Å². The number of hydrogen-bond acceptors (Lipinski definition) is 7. The molecule has 0 unspecified atom stereocenters. The van der Waals surface area contributed by atoms with Crippen molar-refractivity contribution in [3.8, 4) is 45.6 Å². The van der Waals surface area contributed by atoms with Crippen LogP contribution in [0.1, 0.15) is 60.5 Å². The van der Waals surface area contributed by atoms with Crippen LogP contribution in [0.3, 0.4) is 0 Å². The summed E-state index contributed by atoms with van der Waals surface area (Å²) < 4.78 is 23.9. The molecule has 6 rings (SSSR count). The van der Waals surface area contributed by atoms with Gasteiger partial charge < -0.3 is 34.3 Å². The second kappa shape index (κ2) is 9.95. The first-order valence-electron chi connectivity index (χ1n) is 13.4. The van der Waals surface area contributed by atoms with Crippen molar-refractivity contribution in [1.82, 2.24) is 0 Å². The second-order valence-electron chi connectivity index (χ2n) is 10.5. The molecule has 200 valence electrons. The van der Waals surface area contributed by atoms with Crippen molar-refractivity contribution in [1.29, 1.82) is 0 Å². The molecule has 0 amide bonds. The number of methoxy groups -OCH3 is 2. The number of aliphatic hydroxyl groups excluding tert-OH is 1. The highest BCUT2D eigenvalue weighted by Crippen LogP contribution is 2.50. The van der Waals surface area contributed by atoms with Gasteiger partial charge in [0.25, 0.3) is 0 Å². The van der Waals surface area contributed by atoms with Crippen LogP contribution in [0.5, 0.6) is 34.5 Å². The van der Waals surface area contributed by atoms with Gasteiger partial charge in [-0.3, -0.25) is 0 Å². The normalized spacial score (nSPS) is 20.5. The Bertz CT molecular complexity index is 1360. The van der Waals surface area contributed by atoms with E-state index < -0.39 is 12.2 Å². The fourth-order valence-electron chi connectivity index (χ4n) is 6.27. The van der Waals surface area contributed by atoms with Crippen molar-refractivity contribution in [2.45, 2.75) is 69.7 Å². The van der Waals surface area contributed by atoms with Gasteiger partial charge in [-0.25, -0.2) is 0 Å². The standard InChI is InChI=1S/C31H34O7/c1-35-26-16-25-23(22-10-8-17-12-19(32)9-11-21(17)29(22)26)15-24(33)31(38-25)18-13-27(36-2)30(34)28(14-18)37-20-6-4-3-5-7-20/h9,11-14,16,20,24,31-34H,3-8,10,15H2,1-2H3/t24-,31-/m1/s1. The molecule has 3 N–H and O–H groups in total. The summed E-state index contributed by atoms with van der Waals surface area (Å²) in [5.41, 5.74) is 5.88. The van der Waals surface area contributed by atoms with E-state index in [-0.39, 0.29) is 23.4 Å². The number of phenols is 2. The molecule has 1 heterocycles. The van der Waals surface area contributed by atoms with E-state index in [4.69, 9.17) is 18.9 Å². The summed E-state index contributed by atoms with van der Waals surface area (Å²) in [5, 5.41) is 32.1. The molecule has 0 saturated heterocycles. The molecular formula is C31H34O7. The van der Waals surface area contributed by atoms with E-state index in [2.05, 4.69) is 0 Å². The molecule has 7 heteroatoms. The molecule has 0 aromatic heterocycles. The van der Waals surface area contributed by atoms with Crippen LogP contribution in [0.25, 0.3) is 11.1 Å². The maximum absolute atomic E-state index is 11.3. The van der Waals surface area contributed by atoms with Crippen molar-refractivity contribution >= 4 is 0 Å². The van der Waals surface area contributed by atoms with Gasteiger partial charge in [0.2, 0.25) is 5.75 Å². The zero-order chi connectivity index (χ0) is 26.4. The summed E-state index contributed by atoms with van der Waals surface area (Å²) >= 11 is 0. The first-order chi connectivity index (χ1) is 18.5. The Morgan fingerprint density at radius 3 is 2.37 bits per heavy atom. The highest BCUT2D eigenvalue weighted by atomic mass is 16.5. The number of benzene rings is 3. The van der Waals surface area contributed by atoms with Crippen molar-refractivity contribution in [2.24, 2.45) is 0 Å². The second-order valence-corrected chi connectivity index (χ2v) is 10.5. The van der Waals surface area contributed by atoms with Crippen LogP contribution in [0.2, 0.25) is 0 Å². The highest BCUT2D eigenvalue weighted by molar-refractivity contribution is 5.82. The van der Waals surface area contributed by atoms with Gasteiger partial charge in [0.15, 0.2) is 17.6 Å². The zero-order valence-electron chi connectivity index (χ0n) is 21.8. The molecule has 3 aromatic rings. The predicted molar refractivity (Wildman–Crippen MR) is 143 cm³/mol. The Labute approximate surface area is 222 Å². The van der Waals surface area contributed by atoms with Gasteiger partial charge in [0.05, 0.1) is 26.4 Å². The first-order valence-corrected chi connectivity index (χ1v) is 13.4. The number of phenolic OH excluding ortho intramolecular Hbond substituents is 2. The molecule has 1 saturated carbocycles. The van der Waals surface area contributed by atoms with E-state index in [1.165, 1.54) is 13.5 Å². The fourth-order valence-corrected chi connectivity index (χ4v) is 6.27. The zero-order valence-corrected chi connectivity index (χ0v) is 21.8. The van der Waals surface area contributed by atoms with Crippen LogP contribution in [-0.4, -0.2) is 41.7 Å². The minimum absolute atomic E-state index is 0.0343. The summed E-state index contributed by atoms with van der Waals surface area (Å²) in [6.45, 7) is 0. The summed E-state index contributed by atoms with van der Waals surface area (Å²) in [6.07, 6.45) is 5.88. The molecule has 1 aliphatic heterocycles. The number of rotatable bonds is 5. The molecule has 2 aliphatic carbocycles. The smallest absolute Gasteiger partial charge is 0.200 e. The summed E-state index contributed by atoms with van der Waals surface area (Å²) in [5.74, 6) is 2.24. The minimum atomic E-state index is -0.807. The van der Waals surface area contributed by atoms with E-state index in [0.29, 0.717) is 29.2 Å². The van der Waals surface area contributed by atoms with Crippen molar-refractivity contribution < 1.29 is 34.3 Å². The molecular weight excluding hydrogens is 484 g/mol. The van der Waals surface area contributed by atoms with Crippen LogP contribution >= 0.6 is 0 Å². The molecule has 0 bridgehead atoms. The maximum Gasteiger partial charge on any atom is 0.200 e. The molecule has 1 fully saturated rings. The summed E-state index contributed by atoms with van der Waals surface area (Å²) in [7, 11) is 3.15. The Balaban J connectivity index is 1.38. The molecule has 7 nitrogen and oxygen atoms in total. The molecule has 3 aliphatic rings. The first kappa shape index (κ1) is 24.7. The number of hydrogen-bond donors (Lipinski definition) is 3. The van der Waals surface area contributed by atoms with Crippen LogP contribution in [-0.2, 0) is 19.3 Å². The van der Waals surface area contributed by atoms with E-state index in [1.807, 2.05) is 18.2 Å². The average Bonchev–Trinajstić information content (AvgIpc) is 2.93. The molecule has 3 aromatic carbocycles. The number of ether oxygens (including phenoxy) is 4.